The number of carbonyl (C=O) groups excluding carboxylic acids is 1. The molecule has 0 spiro atoms. The fourth-order valence-electron chi connectivity index (χ4n) is 1.52. The Morgan fingerprint density at radius 3 is 2.92 bits per heavy atom. The molecule has 2 N–H and O–H groups in total. The zero-order valence-corrected chi connectivity index (χ0v) is 8.61. The summed E-state index contributed by atoms with van der Waals surface area (Å²) >= 11 is 4.78. The molecule has 0 saturated carbocycles. The Kier molecular flexibility index (Phi) is 4.15. The lowest BCUT2D eigenvalue weighted by molar-refractivity contribution is -0.130. The van der Waals surface area contributed by atoms with Gasteiger partial charge in [-0.25, -0.2) is 0 Å². The average Bonchev–Trinajstić information content (AvgIpc) is 2.27. The number of carbonyl (C=O) groups is 1. The number of nitrogens with zero attached hydrogens (tertiary/aromatic N) is 1. The van der Waals surface area contributed by atoms with Crippen LogP contribution in [0.15, 0.2) is 0 Å². The van der Waals surface area contributed by atoms with Crippen molar-refractivity contribution >= 4 is 23.1 Å². The molecule has 4 heteroatoms. The molecule has 1 amide bonds. The molecule has 1 heterocycles. The van der Waals surface area contributed by atoms with Gasteiger partial charge < -0.3 is 10.6 Å². The number of nitrogens with two attached hydrogens (primary N) is 1. The topological polar surface area (TPSA) is 46.3 Å². The van der Waals surface area contributed by atoms with Crippen molar-refractivity contribution in [1.29, 1.82) is 0 Å². The maximum Gasteiger partial charge on any atom is 0.222 e. The Labute approximate surface area is 84.3 Å². The summed E-state index contributed by atoms with van der Waals surface area (Å²) in [6.45, 7) is 1.58. The monoisotopic (exact) mass is 200 g/mol. The average molecular weight is 200 g/mol. The zero-order valence-electron chi connectivity index (χ0n) is 7.79. The van der Waals surface area contributed by atoms with E-state index in [1.807, 2.05) is 4.90 Å². The van der Waals surface area contributed by atoms with Crippen molar-refractivity contribution in [2.45, 2.75) is 32.1 Å². The minimum absolute atomic E-state index is 0.258. The van der Waals surface area contributed by atoms with Crippen LogP contribution in [-0.4, -0.2) is 28.9 Å². The van der Waals surface area contributed by atoms with Crippen LogP contribution in [0.3, 0.4) is 0 Å². The second-order valence-electron chi connectivity index (χ2n) is 3.41. The van der Waals surface area contributed by atoms with E-state index in [4.69, 9.17) is 18.0 Å². The first-order valence-electron chi connectivity index (χ1n) is 4.76. The van der Waals surface area contributed by atoms with E-state index in [2.05, 4.69) is 0 Å². The van der Waals surface area contributed by atoms with Gasteiger partial charge in [0.05, 0.1) is 4.99 Å². The fraction of sp³-hybridized carbons (Fsp3) is 0.778. The minimum Gasteiger partial charge on any atom is -0.393 e. The van der Waals surface area contributed by atoms with Crippen molar-refractivity contribution in [3.8, 4) is 0 Å². The molecule has 0 aromatic heterocycles. The SMILES string of the molecule is NC(=S)CCN1CCCCCC1=O. The lowest BCUT2D eigenvalue weighted by Crippen LogP contribution is -2.33. The van der Waals surface area contributed by atoms with E-state index in [0.717, 1.165) is 25.8 Å². The Hall–Kier alpha value is -0.640. The Balaban J connectivity index is 2.36. The van der Waals surface area contributed by atoms with Crippen molar-refractivity contribution in [3.05, 3.63) is 0 Å². The van der Waals surface area contributed by atoms with Gasteiger partial charge in [-0.15, -0.1) is 0 Å². The van der Waals surface area contributed by atoms with Crippen molar-refractivity contribution in [3.63, 3.8) is 0 Å². The number of likely N-dealkylation sites (tertiary alicyclic amines) is 1. The number of amides is 1. The number of hydrogen-bond donors (Lipinski definition) is 1. The molecule has 13 heavy (non-hydrogen) atoms. The maximum atomic E-state index is 11.5. The van der Waals surface area contributed by atoms with Gasteiger partial charge in [0.25, 0.3) is 0 Å². The first kappa shape index (κ1) is 10.4. The summed E-state index contributed by atoms with van der Waals surface area (Å²) < 4.78 is 0. The normalized spacial score (nSPS) is 18.5. The maximum absolute atomic E-state index is 11.5. The third-order valence-electron chi connectivity index (χ3n) is 2.30. The van der Waals surface area contributed by atoms with E-state index in [-0.39, 0.29) is 5.91 Å². The first-order valence-corrected chi connectivity index (χ1v) is 5.17. The second-order valence-corrected chi connectivity index (χ2v) is 3.93. The molecule has 0 aliphatic carbocycles. The second kappa shape index (κ2) is 5.17. The van der Waals surface area contributed by atoms with Crippen LogP contribution in [0.1, 0.15) is 32.1 Å². The molecule has 1 rings (SSSR count). The fourth-order valence-corrected chi connectivity index (χ4v) is 1.61. The van der Waals surface area contributed by atoms with E-state index in [9.17, 15) is 4.79 Å². The quantitative estimate of drug-likeness (QED) is 0.693. The highest BCUT2D eigenvalue weighted by Crippen LogP contribution is 2.11. The molecular formula is C9H16N2OS. The van der Waals surface area contributed by atoms with Crippen molar-refractivity contribution < 1.29 is 4.79 Å². The highest BCUT2D eigenvalue weighted by molar-refractivity contribution is 7.80. The van der Waals surface area contributed by atoms with Crippen LogP contribution < -0.4 is 5.73 Å². The van der Waals surface area contributed by atoms with E-state index in [1.54, 1.807) is 0 Å². The van der Waals surface area contributed by atoms with Gasteiger partial charge in [0.15, 0.2) is 0 Å². The molecule has 3 nitrogen and oxygen atoms in total. The Morgan fingerprint density at radius 1 is 1.46 bits per heavy atom. The highest BCUT2D eigenvalue weighted by atomic mass is 32.1. The molecule has 74 valence electrons. The van der Waals surface area contributed by atoms with Crippen molar-refractivity contribution in [2.24, 2.45) is 5.73 Å². The van der Waals surface area contributed by atoms with Crippen LogP contribution in [0.5, 0.6) is 0 Å². The molecule has 1 aliphatic heterocycles. The molecule has 1 aliphatic rings. The lowest BCUT2D eigenvalue weighted by Gasteiger charge is -2.19. The van der Waals surface area contributed by atoms with Gasteiger partial charge >= 0.3 is 0 Å². The summed E-state index contributed by atoms with van der Waals surface area (Å²) in [6, 6.07) is 0. The minimum atomic E-state index is 0.258. The van der Waals surface area contributed by atoms with Gasteiger partial charge in [0.1, 0.15) is 0 Å². The molecule has 0 bridgehead atoms. The lowest BCUT2D eigenvalue weighted by atomic mass is 10.2. The third kappa shape index (κ3) is 3.72. The van der Waals surface area contributed by atoms with Gasteiger partial charge in [-0.05, 0) is 12.8 Å². The largest absolute Gasteiger partial charge is 0.393 e. The Bertz CT molecular complexity index is 206. The van der Waals surface area contributed by atoms with Gasteiger partial charge in [-0.2, -0.15) is 0 Å². The van der Waals surface area contributed by atoms with E-state index in [1.165, 1.54) is 0 Å². The van der Waals surface area contributed by atoms with Gasteiger partial charge in [0.2, 0.25) is 5.91 Å². The van der Waals surface area contributed by atoms with E-state index in [0.29, 0.717) is 24.4 Å². The summed E-state index contributed by atoms with van der Waals surface area (Å²) in [4.78, 5) is 13.8. The van der Waals surface area contributed by atoms with Gasteiger partial charge in [0, 0.05) is 25.9 Å². The summed E-state index contributed by atoms with van der Waals surface area (Å²) in [5, 5.41) is 0. The first-order chi connectivity index (χ1) is 6.20. The number of hydrogen-bond acceptors (Lipinski definition) is 2. The van der Waals surface area contributed by atoms with Gasteiger partial charge in [-0.3, -0.25) is 4.79 Å². The van der Waals surface area contributed by atoms with Crippen LogP contribution >= 0.6 is 12.2 Å². The molecule has 1 saturated heterocycles. The van der Waals surface area contributed by atoms with Crippen LogP contribution in [-0.2, 0) is 4.79 Å². The molecule has 0 aromatic carbocycles. The van der Waals surface area contributed by atoms with Crippen molar-refractivity contribution in [2.75, 3.05) is 13.1 Å². The van der Waals surface area contributed by atoms with Crippen LogP contribution in [0.25, 0.3) is 0 Å². The number of thiocarbonyl (C=S) groups is 1. The molecular weight excluding hydrogens is 184 g/mol. The van der Waals surface area contributed by atoms with Crippen LogP contribution in [0.2, 0.25) is 0 Å². The highest BCUT2D eigenvalue weighted by Gasteiger charge is 2.15. The summed E-state index contributed by atoms with van der Waals surface area (Å²) in [5.74, 6) is 0.258. The molecule has 0 unspecified atom stereocenters. The standard InChI is InChI=1S/C9H16N2OS/c10-8(13)5-7-11-6-3-1-2-4-9(11)12/h1-7H2,(H2,10,13). The summed E-state index contributed by atoms with van der Waals surface area (Å²) in [6.07, 6.45) is 4.65. The smallest absolute Gasteiger partial charge is 0.222 e. The predicted molar refractivity (Wildman–Crippen MR) is 56.5 cm³/mol. The summed E-state index contributed by atoms with van der Waals surface area (Å²) in [5.41, 5.74) is 5.39. The molecule has 0 aromatic rings. The molecule has 0 atom stereocenters. The zero-order chi connectivity index (χ0) is 9.68. The predicted octanol–water partition coefficient (Wildman–Crippen LogP) is 1.07. The Morgan fingerprint density at radius 2 is 2.23 bits per heavy atom. The van der Waals surface area contributed by atoms with E-state index < -0.39 is 0 Å². The van der Waals surface area contributed by atoms with Crippen molar-refractivity contribution in [1.82, 2.24) is 4.90 Å². The third-order valence-corrected chi connectivity index (χ3v) is 2.50. The van der Waals surface area contributed by atoms with Gasteiger partial charge in [-0.1, -0.05) is 18.6 Å². The molecule has 0 radical (unpaired) electrons. The molecule has 1 fully saturated rings. The summed E-state index contributed by atoms with van der Waals surface area (Å²) in [7, 11) is 0. The van der Waals surface area contributed by atoms with Crippen LogP contribution in [0.4, 0.5) is 0 Å². The van der Waals surface area contributed by atoms with E-state index >= 15 is 0 Å². The number of rotatable bonds is 3. The van der Waals surface area contributed by atoms with Crippen LogP contribution in [0, 0.1) is 0 Å².